The maximum atomic E-state index is 12.7. The van der Waals surface area contributed by atoms with Gasteiger partial charge < -0.3 is 15.8 Å². The molecule has 4 aliphatic carbocycles. The molecular formula is C20H25N3O5. The number of hydrogen-bond donors (Lipinski definition) is 2. The standard InChI is InChI=1S/C20H25N3O5/c1-11(28-19(25)15-2-3-16(21)17(7-15)23(26)27)18(24)22-20-8-12-4-13(9-20)6-14(5-12)10-20/h2-3,7,11-14H,4-6,8-10,21H2,1H3,(H,22,24)/t11-,12?,13?,14?,20?/m1/s1. The number of carbonyl (C=O) groups is 2. The fourth-order valence-corrected chi connectivity index (χ4v) is 5.74. The van der Waals surface area contributed by atoms with Crippen LogP contribution in [0.5, 0.6) is 0 Å². The minimum atomic E-state index is -0.975. The normalized spacial score (nSPS) is 31.2. The Kier molecular flexibility index (Phi) is 4.51. The van der Waals surface area contributed by atoms with Crippen molar-refractivity contribution in [3.8, 4) is 0 Å². The molecule has 0 aliphatic heterocycles. The van der Waals surface area contributed by atoms with Gasteiger partial charge in [0, 0.05) is 11.6 Å². The summed E-state index contributed by atoms with van der Waals surface area (Å²) in [5.41, 5.74) is 4.99. The van der Waals surface area contributed by atoms with Gasteiger partial charge in [-0.05, 0) is 75.3 Å². The first kappa shape index (κ1) is 18.7. The van der Waals surface area contributed by atoms with Gasteiger partial charge in [0.2, 0.25) is 0 Å². The average molecular weight is 387 g/mol. The predicted octanol–water partition coefficient (Wildman–Crippen LogP) is 2.81. The van der Waals surface area contributed by atoms with Gasteiger partial charge in [-0.25, -0.2) is 4.79 Å². The summed E-state index contributed by atoms with van der Waals surface area (Å²) in [6.07, 6.45) is 5.87. The molecule has 4 aliphatic rings. The molecule has 0 spiro atoms. The van der Waals surface area contributed by atoms with Crippen LogP contribution in [0.4, 0.5) is 11.4 Å². The fourth-order valence-electron chi connectivity index (χ4n) is 5.74. The van der Waals surface area contributed by atoms with Crippen molar-refractivity contribution in [3.05, 3.63) is 33.9 Å². The number of ether oxygens (including phenoxy) is 1. The summed E-state index contributed by atoms with van der Waals surface area (Å²) >= 11 is 0. The van der Waals surface area contributed by atoms with Gasteiger partial charge in [-0.2, -0.15) is 0 Å². The van der Waals surface area contributed by atoms with E-state index in [1.807, 2.05) is 0 Å². The highest BCUT2D eigenvalue weighted by Gasteiger charge is 2.51. The van der Waals surface area contributed by atoms with E-state index in [0.29, 0.717) is 17.8 Å². The molecule has 8 nitrogen and oxygen atoms in total. The number of nitrogens with zero attached hydrogens (tertiary/aromatic N) is 1. The molecule has 4 bridgehead atoms. The second-order valence-corrected chi connectivity index (χ2v) is 8.77. The monoisotopic (exact) mass is 387 g/mol. The van der Waals surface area contributed by atoms with Crippen molar-refractivity contribution >= 4 is 23.3 Å². The maximum Gasteiger partial charge on any atom is 0.339 e. The topological polar surface area (TPSA) is 125 Å². The highest BCUT2D eigenvalue weighted by molar-refractivity contribution is 5.93. The number of nitro benzene ring substituents is 1. The number of nitro groups is 1. The Labute approximate surface area is 163 Å². The van der Waals surface area contributed by atoms with E-state index in [2.05, 4.69) is 5.32 Å². The largest absolute Gasteiger partial charge is 0.449 e. The smallest absolute Gasteiger partial charge is 0.339 e. The van der Waals surface area contributed by atoms with Crippen LogP contribution in [0.3, 0.4) is 0 Å². The van der Waals surface area contributed by atoms with Crippen LogP contribution in [-0.4, -0.2) is 28.4 Å². The summed E-state index contributed by atoms with van der Waals surface area (Å²) in [7, 11) is 0. The minimum absolute atomic E-state index is 0.00430. The number of nitrogens with one attached hydrogen (secondary N) is 1. The van der Waals surface area contributed by atoms with Gasteiger partial charge in [-0.15, -0.1) is 0 Å². The average Bonchev–Trinajstić information content (AvgIpc) is 2.60. The van der Waals surface area contributed by atoms with E-state index in [0.717, 1.165) is 25.3 Å². The SMILES string of the molecule is C[C@@H](OC(=O)c1ccc(N)c([N+](=O)[O-])c1)C(=O)NC12CC3CC(CC(C3)C1)C2. The number of carbonyl (C=O) groups excluding carboxylic acids is 2. The second-order valence-electron chi connectivity index (χ2n) is 8.77. The van der Waals surface area contributed by atoms with Gasteiger partial charge in [0.25, 0.3) is 11.6 Å². The predicted molar refractivity (Wildman–Crippen MR) is 101 cm³/mol. The van der Waals surface area contributed by atoms with Crippen molar-refractivity contribution < 1.29 is 19.2 Å². The van der Waals surface area contributed by atoms with E-state index in [-0.39, 0.29) is 28.4 Å². The van der Waals surface area contributed by atoms with Crippen molar-refractivity contribution in [2.24, 2.45) is 17.8 Å². The molecule has 1 atom stereocenters. The zero-order valence-electron chi connectivity index (χ0n) is 15.8. The Hall–Kier alpha value is -2.64. The van der Waals surface area contributed by atoms with Crippen molar-refractivity contribution in [2.45, 2.75) is 57.1 Å². The van der Waals surface area contributed by atoms with E-state index < -0.39 is 17.0 Å². The molecular weight excluding hydrogens is 362 g/mol. The first-order chi connectivity index (χ1) is 13.2. The lowest BCUT2D eigenvalue weighted by Crippen LogP contribution is -2.61. The van der Waals surface area contributed by atoms with Crippen LogP contribution in [0, 0.1) is 27.9 Å². The minimum Gasteiger partial charge on any atom is -0.449 e. The summed E-state index contributed by atoms with van der Waals surface area (Å²) in [6.45, 7) is 1.53. The zero-order valence-corrected chi connectivity index (χ0v) is 15.8. The maximum absolute atomic E-state index is 12.7. The van der Waals surface area contributed by atoms with E-state index in [1.165, 1.54) is 38.3 Å². The van der Waals surface area contributed by atoms with E-state index in [9.17, 15) is 19.7 Å². The number of anilines is 1. The van der Waals surface area contributed by atoms with Gasteiger partial charge >= 0.3 is 5.97 Å². The van der Waals surface area contributed by atoms with Gasteiger partial charge in [0.1, 0.15) is 5.69 Å². The Morgan fingerprint density at radius 3 is 2.32 bits per heavy atom. The zero-order chi connectivity index (χ0) is 20.1. The summed E-state index contributed by atoms with van der Waals surface area (Å²) < 4.78 is 5.27. The number of hydrogen-bond acceptors (Lipinski definition) is 6. The number of rotatable bonds is 5. The molecule has 1 aromatic carbocycles. The van der Waals surface area contributed by atoms with Gasteiger partial charge in [0.05, 0.1) is 10.5 Å². The Balaban J connectivity index is 1.40. The molecule has 28 heavy (non-hydrogen) atoms. The molecule has 1 aromatic rings. The summed E-state index contributed by atoms with van der Waals surface area (Å²) in [6, 6.07) is 3.71. The lowest BCUT2D eigenvalue weighted by molar-refractivity contribution is -0.383. The third-order valence-corrected chi connectivity index (χ3v) is 6.54. The summed E-state index contributed by atoms with van der Waals surface area (Å²) in [5.74, 6) is 0.996. The molecule has 0 heterocycles. The molecule has 0 radical (unpaired) electrons. The van der Waals surface area contributed by atoms with E-state index in [1.54, 1.807) is 0 Å². The molecule has 8 heteroatoms. The summed E-state index contributed by atoms with van der Waals surface area (Å²) in [4.78, 5) is 35.4. The molecule has 5 rings (SSSR count). The third-order valence-electron chi connectivity index (χ3n) is 6.54. The van der Waals surface area contributed by atoms with Crippen molar-refractivity contribution in [1.82, 2.24) is 5.32 Å². The van der Waals surface area contributed by atoms with Gasteiger partial charge in [-0.1, -0.05) is 0 Å². The molecule has 3 N–H and O–H groups in total. The molecule has 150 valence electrons. The lowest BCUT2D eigenvalue weighted by Gasteiger charge is -2.57. The van der Waals surface area contributed by atoms with Crippen molar-refractivity contribution in [2.75, 3.05) is 5.73 Å². The molecule has 0 unspecified atom stereocenters. The molecule has 0 aromatic heterocycles. The second kappa shape index (κ2) is 6.76. The van der Waals surface area contributed by atoms with Crippen LogP contribution in [-0.2, 0) is 9.53 Å². The highest BCUT2D eigenvalue weighted by atomic mass is 16.6. The van der Waals surface area contributed by atoms with Crippen LogP contribution in [0.25, 0.3) is 0 Å². The number of nitrogens with two attached hydrogens (primary N) is 1. The Morgan fingerprint density at radius 1 is 1.21 bits per heavy atom. The summed E-state index contributed by atoms with van der Waals surface area (Å²) in [5, 5.41) is 14.2. The molecule has 4 saturated carbocycles. The first-order valence-corrected chi connectivity index (χ1v) is 9.81. The number of benzene rings is 1. The molecule has 1 amide bonds. The van der Waals surface area contributed by atoms with E-state index in [4.69, 9.17) is 10.5 Å². The quantitative estimate of drug-likeness (QED) is 0.346. The Bertz CT molecular complexity index is 802. The van der Waals surface area contributed by atoms with Crippen LogP contribution in [0.1, 0.15) is 55.8 Å². The number of nitrogen functional groups attached to an aromatic ring is 1. The van der Waals surface area contributed by atoms with Crippen molar-refractivity contribution in [1.29, 1.82) is 0 Å². The van der Waals surface area contributed by atoms with E-state index >= 15 is 0 Å². The fraction of sp³-hybridized carbons (Fsp3) is 0.600. The molecule has 0 saturated heterocycles. The molecule has 4 fully saturated rings. The van der Waals surface area contributed by atoms with Crippen LogP contribution < -0.4 is 11.1 Å². The number of amides is 1. The number of esters is 1. The van der Waals surface area contributed by atoms with Gasteiger partial charge in [-0.3, -0.25) is 14.9 Å². The van der Waals surface area contributed by atoms with Crippen LogP contribution >= 0.6 is 0 Å². The van der Waals surface area contributed by atoms with Gasteiger partial charge in [0.15, 0.2) is 6.10 Å². The third kappa shape index (κ3) is 3.43. The lowest BCUT2D eigenvalue weighted by atomic mass is 9.53. The van der Waals surface area contributed by atoms with Crippen LogP contribution in [0.15, 0.2) is 18.2 Å². The Morgan fingerprint density at radius 2 is 1.79 bits per heavy atom. The highest BCUT2D eigenvalue weighted by Crippen LogP contribution is 2.55. The first-order valence-electron chi connectivity index (χ1n) is 9.81. The van der Waals surface area contributed by atoms with Crippen molar-refractivity contribution in [3.63, 3.8) is 0 Å². The van der Waals surface area contributed by atoms with Crippen LogP contribution in [0.2, 0.25) is 0 Å².